The Morgan fingerprint density at radius 1 is 0.300 bits per heavy atom. The molecule has 3 aromatic carbocycles. The Morgan fingerprint density at radius 3 is 0.533 bits per heavy atom. The molecule has 0 aromatic heterocycles. The van der Waals surface area contributed by atoms with Gasteiger partial charge in [0.2, 0.25) is 0 Å². The van der Waals surface area contributed by atoms with Crippen molar-refractivity contribution in [3.05, 3.63) is 106 Å². The number of benzene rings is 3. The molecule has 0 atom stereocenters. The maximum absolute atomic E-state index is 4.11. The second-order valence-corrected chi connectivity index (χ2v) is 12.2. The number of rotatable bonds is 0. The van der Waals surface area contributed by atoms with Crippen LogP contribution in [-0.2, 0) is 150 Å². The average molecular weight is 1790 g/mol. The van der Waals surface area contributed by atoms with Gasteiger partial charge in [0.05, 0.1) is 0 Å². The molecule has 10 nitrogen and oxygen atoms in total. The summed E-state index contributed by atoms with van der Waals surface area (Å²) in [5.41, 5.74) is 8.05. The van der Waals surface area contributed by atoms with Crippen LogP contribution in [0.4, 0.5) is 0 Å². The van der Waals surface area contributed by atoms with Crippen LogP contribution in [0.25, 0.3) is 0 Å². The van der Waals surface area contributed by atoms with Crippen LogP contribution in [0.1, 0.15) is 33.4 Å². The first-order valence-electron chi connectivity index (χ1n) is 17.0. The summed E-state index contributed by atoms with van der Waals surface area (Å²) in [6.07, 6.45) is 0. The number of halogens is 10. The van der Waals surface area contributed by atoms with E-state index in [0.29, 0.717) is 0 Å². The van der Waals surface area contributed by atoms with E-state index in [1.54, 1.807) is 0 Å². The largest absolute Gasteiger partial charge is 2.00 e. The Morgan fingerprint density at radius 2 is 0.417 bits per heavy atom. The third-order valence-electron chi connectivity index (χ3n) is 8.67. The fraction of sp³-hybridized carbons (Fsp3) is 0.500. The van der Waals surface area contributed by atoms with Crippen molar-refractivity contribution in [2.75, 3.05) is 78.5 Å². The third kappa shape index (κ3) is 39.9. The van der Waals surface area contributed by atoms with Gasteiger partial charge in [0.1, 0.15) is 0 Å². The molecule has 12 aliphatic rings. The van der Waals surface area contributed by atoms with Gasteiger partial charge in [-0.15, -0.1) is 0 Å². The second-order valence-electron chi connectivity index (χ2n) is 12.2. The molecule has 0 amide bonds. The average Bonchev–Trinajstić information content (AvgIpc) is 3.14. The molecule has 0 saturated carbocycles. The summed E-state index contributed by atoms with van der Waals surface area (Å²) in [5.74, 6) is 0. The van der Waals surface area contributed by atoms with Crippen molar-refractivity contribution in [1.29, 1.82) is 0 Å². The van der Waals surface area contributed by atoms with Gasteiger partial charge in [-0.05, 0) is 33.4 Å². The minimum absolute atomic E-state index is 0. The van der Waals surface area contributed by atoms with E-state index in [1.807, 2.05) is 0 Å². The van der Waals surface area contributed by atoms with E-state index in [0.717, 1.165) is 118 Å². The Hall–Kier alpha value is 3.90. The Balaban J connectivity index is -0.000000190. The van der Waals surface area contributed by atoms with Crippen molar-refractivity contribution >= 4 is 43.4 Å². The topological polar surface area (TPSA) is 142 Å². The minimum Gasteiger partial charge on any atom is -1.00 e. The monoisotopic (exact) mass is 1790 g/mol. The molecule has 0 unspecified atom stereocenters. The Bertz CT molecular complexity index is 1010. The zero-order chi connectivity index (χ0) is 34.1. The zero-order valence-electron chi connectivity index (χ0n) is 34.2. The number of nitrogens with zero attached hydrogens (tertiary/aromatic N) is 2. The third-order valence-corrected chi connectivity index (χ3v) is 8.67. The van der Waals surface area contributed by atoms with Crippen LogP contribution >= 0.6 is 43.4 Å². The minimum atomic E-state index is 0. The van der Waals surface area contributed by atoms with Gasteiger partial charge in [-0.25, -0.2) is 0 Å². The van der Waals surface area contributed by atoms with Crippen molar-refractivity contribution < 1.29 is 196 Å². The fourth-order valence-electron chi connectivity index (χ4n) is 5.82. The van der Waals surface area contributed by atoms with Gasteiger partial charge < -0.3 is 117 Å². The molecule has 0 fully saturated rings. The molecular weight excluding hydrogens is 1730 g/mol. The van der Waals surface area contributed by atoms with Crippen molar-refractivity contribution in [3.8, 4) is 0 Å². The molecule has 15 rings (SSSR count). The van der Waals surface area contributed by atoms with Crippen LogP contribution in [0.3, 0.4) is 0 Å². The van der Waals surface area contributed by atoms with Gasteiger partial charge in [-0.3, -0.25) is 9.80 Å². The van der Waals surface area contributed by atoms with Gasteiger partial charge in [-0.2, -0.15) is 0 Å². The molecule has 10 N–H and O–H groups in total. The summed E-state index contributed by atoms with van der Waals surface area (Å²) in [6.45, 7) is 17.5. The molecule has 332 valence electrons. The summed E-state index contributed by atoms with van der Waals surface area (Å²) < 4.78 is 0. The maximum Gasteiger partial charge on any atom is 2.00 e. The van der Waals surface area contributed by atoms with Crippen LogP contribution in [-0.4, -0.2) is 99.3 Å². The molecular formula is C36H58Cl10Hg4N8O2. The van der Waals surface area contributed by atoms with E-state index >= 15 is 0 Å². The summed E-state index contributed by atoms with van der Waals surface area (Å²) in [4.78, 5) is 5.14. The van der Waals surface area contributed by atoms with E-state index in [-0.39, 0.29) is 196 Å². The summed E-state index contributed by atoms with van der Waals surface area (Å²) in [5, 5.41) is 22.1. The number of hydrogen-bond acceptors (Lipinski definition) is 8. The van der Waals surface area contributed by atoms with Crippen molar-refractivity contribution in [2.45, 2.75) is 39.3 Å². The van der Waals surface area contributed by atoms with Crippen LogP contribution in [0, 0.1) is 0 Å². The standard InChI is InChI=1S/C36H54N8.2Cl2.6ClH.4Hg.2H2O/c1-2-32-4-3-31(1)25-37-13-19-43-21-15-39-27-33-5-9-35(10-6-33)29-41-17-23-44(20-14-38-26-32)24-18-42-30-36-11-7-34(8-12-36)28-40-16-22-43;2*1-2;;;;;;;;;;;;/h1-12,37-42H,13-30H2;;;6*1H;;;;;2*1H2/q;;;;;;;;;2*+1;2*+2;;/p-6. The fourth-order valence-corrected chi connectivity index (χ4v) is 5.82. The number of nitrogens with one attached hydrogen (secondary N) is 6. The van der Waals surface area contributed by atoms with E-state index < -0.39 is 0 Å². The van der Waals surface area contributed by atoms with Gasteiger partial charge in [0.25, 0.3) is 0 Å². The first-order valence-corrected chi connectivity index (χ1v) is 19.3. The van der Waals surface area contributed by atoms with Crippen LogP contribution < -0.4 is 106 Å². The molecule has 0 spiro atoms. The van der Waals surface area contributed by atoms with Crippen LogP contribution in [0.2, 0.25) is 0 Å². The molecule has 60 heavy (non-hydrogen) atoms. The van der Waals surface area contributed by atoms with E-state index in [9.17, 15) is 0 Å². The molecule has 0 saturated heterocycles. The molecule has 24 heteroatoms. The Labute approximate surface area is 498 Å². The summed E-state index contributed by atoms with van der Waals surface area (Å²) in [7, 11) is 16.4. The van der Waals surface area contributed by atoms with E-state index in [4.69, 9.17) is 0 Å². The molecule has 8 bridgehead atoms. The summed E-state index contributed by atoms with van der Waals surface area (Å²) >= 11 is 0. The first-order chi connectivity index (χ1) is 23.8. The molecule has 2 radical (unpaired) electrons. The predicted octanol–water partition coefficient (Wildman–Crippen LogP) is -14.6. The number of hydrogen-bond donors (Lipinski definition) is 6. The van der Waals surface area contributed by atoms with Gasteiger partial charge in [-0.1, -0.05) is 72.8 Å². The van der Waals surface area contributed by atoms with Crippen molar-refractivity contribution in [3.63, 3.8) is 0 Å². The van der Waals surface area contributed by atoms with Crippen molar-refractivity contribution in [1.82, 2.24) is 41.7 Å². The Kier molecular flexibility index (Phi) is 85.6. The quantitative estimate of drug-likeness (QED) is 0.122. The van der Waals surface area contributed by atoms with E-state index in [2.05, 4.69) is 158 Å². The van der Waals surface area contributed by atoms with Crippen LogP contribution in [0.15, 0.2) is 72.8 Å². The van der Waals surface area contributed by atoms with E-state index in [1.165, 1.54) is 33.4 Å². The first kappa shape index (κ1) is 87.0. The maximum atomic E-state index is 4.11. The smallest absolute Gasteiger partial charge is 1.00 e. The van der Waals surface area contributed by atoms with Gasteiger partial charge >= 0.3 is 111 Å². The molecule has 12 heterocycles. The zero-order valence-corrected chi connectivity index (χ0v) is 63.7. The van der Waals surface area contributed by atoms with Crippen LogP contribution in [0.5, 0.6) is 0 Å². The predicted molar refractivity (Wildman–Crippen MR) is 213 cm³/mol. The normalized spacial score (nSPS) is 16.8. The molecule has 0 aliphatic carbocycles. The molecule has 12 aliphatic heterocycles. The van der Waals surface area contributed by atoms with Gasteiger partial charge in [0.15, 0.2) is 0 Å². The van der Waals surface area contributed by atoms with Gasteiger partial charge in [0, 0.05) is 161 Å². The second kappa shape index (κ2) is 59.0. The summed E-state index contributed by atoms with van der Waals surface area (Å²) in [6, 6.07) is 27.2. The van der Waals surface area contributed by atoms with Crippen molar-refractivity contribution in [2.24, 2.45) is 0 Å². The SMILES string of the molecule is ClCl.ClCl.O.O.[Cl-].[Cl-].[Cl-].[Cl-].[Cl-].[Cl-].[Hg+2].[Hg+2].[Hg+].[Hg+].c1cc2ccc1CNCCN1CCNCc3ccc(cc3)CNCCN(CCNC2)CCNCc2ccc(cc2)CNCC1. The molecule has 3 aromatic rings.